The molecule has 1 saturated heterocycles. The Kier molecular flexibility index (Phi) is 6.18. The first-order chi connectivity index (χ1) is 13.4. The van der Waals surface area contributed by atoms with Crippen LogP contribution in [-0.2, 0) is 14.6 Å². The number of ether oxygens (including phenoxy) is 2. The lowest BCUT2D eigenvalue weighted by molar-refractivity contribution is -0.128. The summed E-state index contributed by atoms with van der Waals surface area (Å²) in [5.74, 6) is -0.139. The van der Waals surface area contributed by atoms with Crippen molar-refractivity contribution in [2.45, 2.75) is 30.9 Å². The van der Waals surface area contributed by atoms with Gasteiger partial charge in [0.05, 0.1) is 14.2 Å². The highest BCUT2D eigenvalue weighted by atomic mass is 32.2. The van der Waals surface area contributed by atoms with Gasteiger partial charge in [0.15, 0.2) is 0 Å². The molecule has 1 fully saturated rings. The van der Waals surface area contributed by atoms with Gasteiger partial charge in [0.1, 0.15) is 17.3 Å². The lowest BCUT2D eigenvalue weighted by Crippen LogP contribution is -2.36. The number of carbonyl (C=O) groups excluding carboxylic acids is 1. The van der Waals surface area contributed by atoms with Crippen molar-refractivity contribution in [3.63, 3.8) is 0 Å². The maximum Gasteiger partial charge on any atom is 0.336 e. The number of hydrogen-bond acceptors (Lipinski definition) is 8. The fourth-order valence-electron chi connectivity index (χ4n) is 3.02. The Labute approximate surface area is 163 Å². The van der Waals surface area contributed by atoms with E-state index >= 15 is 0 Å². The minimum absolute atomic E-state index is 0.00186. The van der Waals surface area contributed by atoms with Crippen molar-refractivity contribution in [2.24, 2.45) is 0 Å². The molecule has 1 aliphatic heterocycles. The van der Waals surface area contributed by atoms with Gasteiger partial charge in [-0.1, -0.05) is 17.9 Å². The number of sulfone groups is 1. The van der Waals surface area contributed by atoms with Crippen molar-refractivity contribution in [2.75, 3.05) is 33.1 Å². The van der Waals surface area contributed by atoms with Crippen molar-refractivity contribution in [3.8, 4) is 23.0 Å². The summed E-state index contributed by atoms with van der Waals surface area (Å²) in [4.78, 5) is 14.0. The Hall–Kier alpha value is -2.62. The SMILES string of the molecule is COc1cc(OC)cc(-c2nnc(S(=O)(=O)CC(=O)N3CCCCCC3)o2)c1. The van der Waals surface area contributed by atoms with Crippen LogP contribution in [0.2, 0.25) is 0 Å². The van der Waals surface area contributed by atoms with E-state index in [4.69, 9.17) is 13.9 Å². The fraction of sp³-hybridized carbons (Fsp3) is 0.500. The molecule has 0 spiro atoms. The lowest BCUT2D eigenvalue weighted by Gasteiger charge is -2.19. The molecule has 0 unspecified atom stereocenters. The first kappa shape index (κ1) is 20.1. The van der Waals surface area contributed by atoms with Crippen molar-refractivity contribution in [3.05, 3.63) is 18.2 Å². The molecule has 0 radical (unpaired) electrons. The van der Waals surface area contributed by atoms with Gasteiger partial charge in [0.2, 0.25) is 21.6 Å². The minimum Gasteiger partial charge on any atom is -0.497 e. The molecule has 1 aromatic carbocycles. The molecular formula is C18H23N3O6S. The van der Waals surface area contributed by atoms with Crippen LogP contribution in [0.15, 0.2) is 27.8 Å². The van der Waals surface area contributed by atoms with Gasteiger partial charge >= 0.3 is 5.22 Å². The second-order valence-corrected chi connectivity index (χ2v) is 8.40. The van der Waals surface area contributed by atoms with Crippen LogP contribution in [0.25, 0.3) is 11.5 Å². The summed E-state index contributed by atoms with van der Waals surface area (Å²) < 4.78 is 40.9. The van der Waals surface area contributed by atoms with E-state index in [0.29, 0.717) is 30.2 Å². The zero-order valence-corrected chi connectivity index (χ0v) is 16.7. The molecule has 1 aromatic heterocycles. The highest BCUT2D eigenvalue weighted by Gasteiger charge is 2.29. The normalized spacial score (nSPS) is 15.1. The Morgan fingerprint density at radius 2 is 1.64 bits per heavy atom. The number of benzene rings is 1. The smallest absolute Gasteiger partial charge is 0.336 e. The van der Waals surface area contributed by atoms with Crippen LogP contribution in [0.5, 0.6) is 11.5 Å². The monoisotopic (exact) mass is 409 g/mol. The molecule has 0 saturated carbocycles. The molecule has 1 aliphatic rings. The Bertz CT molecular complexity index is 910. The number of likely N-dealkylation sites (tertiary alicyclic amines) is 1. The molecule has 152 valence electrons. The van der Waals surface area contributed by atoms with Crippen molar-refractivity contribution in [1.29, 1.82) is 0 Å². The number of aromatic nitrogens is 2. The van der Waals surface area contributed by atoms with E-state index in [0.717, 1.165) is 25.7 Å². The van der Waals surface area contributed by atoms with Gasteiger partial charge in [-0.15, -0.1) is 5.10 Å². The summed E-state index contributed by atoms with van der Waals surface area (Å²) in [7, 11) is -1.04. The first-order valence-electron chi connectivity index (χ1n) is 9.00. The van der Waals surface area contributed by atoms with Crippen LogP contribution in [0, 0.1) is 0 Å². The molecule has 2 heterocycles. The van der Waals surface area contributed by atoms with Crippen molar-refractivity contribution in [1.82, 2.24) is 15.1 Å². The van der Waals surface area contributed by atoms with Crippen LogP contribution in [0.4, 0.5) is 0 Å². The second-order valence-electron chi connectivity index (χ2n) is 6.53. The van der Waals surface area contributed by atoms with Gasteiger partial charge in [-0.2, -0.15) is 0 Å². The molecule has 1 amide bonds. The lowest BCUT2D eigenvalue weighted by atomic mass is 10.2. The summed E-state index contributed by atoms with van der Waals surface area (Å²) in [6, 6.07) is 4.90. The maximum atomic E-state index is 12.6. The van der Waals surface area contributed by atoms with Crippen LogP contribution in [0.1, 0.15) is 25.7 Å². The van der Waals surface area contributed by atoms with Gasteiger partial charge in [-0.05, 0) is 25.0 Å². The predicted octanol–water partition coefficient (Wildman–Crippen LogP) is 1.93. The summed E-state index contributed by atoms with van der Waals surface area (Å²) in [5.41, 5.74) is 0.448. The Morgan fingerprint density at radius 3 is 2.21 bits per heavy atom. The molecule has 0 aliphatic carbocycles. The molecule has 0 atom stereocenters. The van der Waals surface area contributed by atoms with Gasteiger partial charge in [-0.25, -0.2) is 8.42 Å². The first-order valence-corrected chi connectivity index (χ1v) is 10.7. The topological polar surface area (TPSA) is 112 Å². The van der Waals surface area contributed by atoms with E-state index in [-0.39, 0.29) is 5.89 Å². The number of hydrogen-bond donors (Lipinski definition) is 0. The van der Waals surface area contributed by atoms with Crippen molar-refractivity contribution >= 4 is 15.7 Å². The van der Waals surface area contributed by atoms with Gasteiger partial charge in [0.25, 0.3) is 0 Å². The average Bonchev–Trinajstić information content (AvgIpc) is 3.04. The summed E-state index contributed by atoms with van der Waals surface area (Å²) in [6.07, 6.45) is 3.86. The third-order valence-electron chi connectivity index (χ3n) is 4.54. The Balaban J connectivity index is 1.79. The van der Waals surface area contributed by atoms with E-state index in [2.05, 4.69) is 10.2 Å². The second kappa shape index (κ2) is 8.59. The number of rotatable bonds is 6. The van der Waals surface area contributed by atoms with Crippen LogP contribution in [-0.4, -0.2) is 62.5 Å². The predicted molar refractivity (Wildman–Crippen MR) is 99.9 cm³/mol. The van der Waals surface area contributed by atoms with Gasteiger partial charge in [0, 0.05) is 24.7 Å². The molecule has 28 heavy (non-hydrogen) atoms. The quantitative estimate of drug-likeness (QED) is 0.711. The van der Waals surface area contributed by atoms with Crippen LogP contribution in [0.3, 0.4) is 0 Å². The minimum atomic E-state index is -4.03. The molecule has 0 bridgehead atoms. The summed E-state index contributed by atoms with van der Waals surface area (Å²) in [5, 5.41) is 6.87. The van der Waals surface area contributed by atoms with E-state index in [1.165, 1.54) is 14.2 Å². The largest absolute Gasteiger partial charge is 0.497 e. The van der Waals surface area contributed by atoms with E-state index in [1.54, 1.807) is 23.1 Å². The van der Waals surface area contributed by atoms with Crippen molar-refractivity contribution < 1.29 is 27.1 Å². The zero-order valence-electron chi connectivity index (χ0n) is 15.9. The summed E-state index contributed by atoms with van der Waals surface area (Å²) in [6.45, 7) is 1.15. The van der Waals surface area contributed by atoms with E-state index < -0.39 is 26.7 Å². The fourth-order valence-corrected chi connectivity index (χ4v) is 4.02. The molecule has 3 rings (SSSR count). The van der Waals surface area contributed by atoms with Gasteiger partial charge in [-0.3, -0.25) is 4.79 Å². The standard InChI is InChI=1S/C18H23N3O6S/c1-25-14-9-13(10-15(11-14)26-2)17-19-20-18(27-17)28(23,24)12-16(22)21-7-5-3-4-6-8-21/h9-11H,3-8,12H2,1-2H3. The molecule has 9 nitrogen and oxygen atoms in total. The van der Waals surface area contributed by atoms with E-state index in [9.17, 15) is 13.2 Å². The third kappa shape index (κ3) is 4.61. The molecular weight excluding hydrogens is 386 g/mol. The third-order valence-corrected chi connectivity index (χ3v) is 5.87. The van der Waals surface area contributed by atoms with Gasteiger partial charge < -0.3 is 18.8 Å². The average molecular weight is 409 g/mol. The number of carbonyl (C=O) groups is 1. The summed E-state index contributed by atoms with van der Waals surface area (Å²) >= 11 is 0. The van der Waals surface area contributed by atoms with Crippen LogP contribution >= 0.6 is 0 Å². The number of methoxy groups -OCH3 is 2. The van der Waals surface area contributed by atoms with Crippen LogP contribution < -0.4 is 9.47 Å². The number of amides is 1. The maximum absolute atomic E-state index is 12.6. The highest BCUT2D eigenvalue weighted by molar-refractivity contribution is 7.91. The van der Waals surface area contributed by atoms with E-state index in [1.807, 2.05) is 0 Å². The molecule has 10 heteroatoms. The highest BCUT2D eigenvalue weighted by Crippen LogP contribution is 2.29. The molecule has 0 N–H and O–H groups in total. The number of nitrogens with zero attached hydrogens (tertiary/aromatic N) is 3. The molecule has 2 aromatic rings. The zero-order chi connectivity index (χ0) is 20.1. The Morgan fingerprint density at radius 1 is 1.04 bits per heavy atom.